The number of benzene rings is 1. The van der Waals surface area contributed by atoms with E-state index in [4.69, 9.17) is 0 Å². The quantitative estimate of drug-likeness (QED) is 0.427. The Balaban J connectivity index is 3.09. The maximum absolute atomic E-state index is 4.68. The van der Waals surface area contributed by atoms with E-state index in [0.29, 0.717) is 0 Å². The topological polar surface area (TPSA) is 12.4 Å². The Labute approximate surface area is 109 Å². The van der Waals surface area contributed by atoms with Crippen LogP contribution >= 0.6 is 12.2 Å². The number of hydrogen-bond donors (Lipinski definition) is 0. The number of isothiocyanates is 1. The molecule has 0 saturated heterocycles. The maximum Gasteiger partial charge on any atom is 0.0903 e. The van der Waals surface area contributed by atoms with Crippen molar-refractivity contribution in [2.75, 3.05) is 0 Å². The highest BCUT2D eigenvalue weighted by Crippen LogP contribution is 2.25. The molecule has 0 amide bonds. The fourth-order valence-corrected chi connectivity index (χ4v) is 1.67. The van der Waals surface area contributed by atoms with Gasteiger partial charge in [-0.1, -0.05) is 42.5 Å². The van der Waals surface area contributed by atoms with E-state index >= 15 is 0 Å². The molecule has 0 N–H and O–H groups in total. The van der Waals surface area contributed by atoms with E-state index in [1.165, 1.54) is 0 Å². The molecule has 0 aliphatic carbocycles. The number of thiocarbonyl (C=S) groups is 1. The Kier molecular flexibility index (Phi) is 4.56. The Hall–Kier alpha value is -1.50. The van der Waals surface area contributed by atoms with E-state index < -0.39 is 0 Å². The summed E-state index contributed by atoms with van der Waals surface area (Å²) in [6, 6.07) is 8.23. The largest absolute Gasteiger partial charge is 0.222 e. The van der Waals surface area contributed by atoms with E-state index in [2.05, 4.69) is 41.1 Å². The summed E-state index contributed by atoms with van der Waals surface area (Å²) in [5, 5.41) is 2.45. The molecule has 1 rings (SSSR count). The Morgan fingerprint density at radius 2 is 2.18 bits per heavy atom. The highest BCUT2D eigenvalue weighted by atomic mass is 32.1. The molecule has 2 heteroatoms. The molecule has 0 aliphatic rings. The monoisotopic (exact) mass is 243 g/mol. The molecule has 0 atom stereocenters. The lowest BCUT2D eigenvalue weighted by Gasteiger charge is -2.18. The van der Waals surface area contributed by atoms with Crippen molar-refractivity contribution < 1.29 is 0 Å². The van der Waals surface area contributed by atoms with Crippen LogP contribution in [0.4, 0.5) is 0 Å². The summed E-state index contributed by atoms with van der Waals surface area (Å²) in [6.07, 6.45) is 4.04. The highest BCUT2D eigenvalue weighted by molar-refractivity contribution is 7.78. The Morgan fingerprint density at radius 1 is 1.47 bits per heavy atom. The van der Waals surface area contributed by atoms with Crippen molar-refractivity contribution in [1.82, 2.24) is 0 Å². The third-order valence-corrected chi connectivity index (χ3v) is 2.57. The fourth-order valence-electron chi connectivity index (χ4n) is 1.44. The molecule has 0 fully saturated rings. The Morgan fingerprint density at radius 3 is 2.76 bits per heavy atom. The van der Waals surface area contributed by atoms with Gasteiger partial charge >= 0.3 is 0 Å². The SMILES string of the molecule is C=C(C)C=Cc1cccc(C(C)(C)N=C=S)c1. The minimum atomic E-state index is -0.325. The summed E-state index contributed by atoms with van der Waals surface area (Å²) in [7, 11) is 0. The minimum absolute atomic E-state index is 0.325. The minimum Gasteiger partial charge on any atom is -0.222 e. The van der Waals surface area contributed by atoms with Crippen LogP contribution in [0.5, 0.6) is 0 Å². The standard InChI is InChI=1S/C15H17NS/c1-12(2)8-9-13-6-5-7-14(10-13)15(3,4)16-11-17/h5-10H,1H2,2-4H3. The zero-order valence-corrected chi connectivity index (χ0v) is 11.3. The van der Waals surface area contributed by atoms with Crippen molar-refractivity contribution in [2.24, 2.45) is 4.99 Å². The number of nitrogens with zero attached hydrogens (tertiary/aromatic N) is 1. The average molecular weight is 243 g/mol. The zero-order valence-electron chi connectivity index (χ0n) is 10.5. The molecule has 0 radical (unpaired) electrons. The van der Waals surface area contributed by atoms with Crippen molar-refractivity contribution in [3.8, 4) is 0 Å². The molecule has 0 heterocycles. The van der Waals surface area contributed by atoms with Crippen LogP contribution in [0.25, 0.3) is 6.08 Å². The van der Waals surface area contributed by atoms with Gasteiger partial charge in [0.15, 0.2) is 0 Å². The highest BCUT2D eigenvalue weighted by Gasteiger charge is 2.18. The lowest BCUT2D eigenvalue weighted by atomic mass is 9.93. The summed E-state index contributed by atoms with van der Waals surface area (Å²) < 4.78 is 0. The summed E-state index contributed by atoms with van der Waals surface area (Å²) in [6.45, 7) is 9.86. The van der Waals surface area contributed by atoms with Crippen LogP contribution < -0.4 is 0 Å². The van der Waals surface area contributed by atoms with Gasteiger partial charge in [-0.05, 0) is 50.2 Å². The van der Waals surface area contributed by atoms with Gasteiger partial charge in [-0.25, -0.2) is 4.99 Å². The van der Waals surface area contributed by atoms with Crippen molar-refractivity contribution >= 4 is 23.5 Å². The van der Waals surface area contributed by atoms with Gasteiger partial charge in [0.2, 0.25) is 0 Å². The smallest absolute Gasteiger partial charge is 0.0903 e. The van der Waals surface area contributed by atoms with Crippen LogP contribution in [0.2, 0.25) is 0 Å². The fraction of sp³-hybridized carbons (Fsp3) is 0.267. The molecule has 0 saturated carbocycles. The summed E-state index contributed by atoms with van der Waals surface area (Å²) in [5.41, 5.74) is 2.97. The Bertz CT molecular complexity index is 491. The number of allylic oxidation sites excluding steroid dienone is 2. The molecule has 0 aromatic heterocycles. The van der Waals surface area contributed by atoms with Crippen molar-refractivity contribution in [2.45, 2.75) is 26.3 Å². The van der Waals surface area contributed by atoms with E-state index in [-0.39, 0.29) is 5.54 Å². The lowest BCUT2D eigenvalue weighted by Crippen LogP contribution is -2.13. The predicted molar refractivity (Wildman–Crippen MR) is 78.3 cm³/mol. The van der Waals surface area contributed by atoms with Gasteiger partial charge in [0, 0.05) is 0 Å². The van der Waals surface area contributed by atoms with E-state index in [1.54, 1.807) is 0 Å². The van der Waals surface area contributed by atoms with Crippen molar-refractivity contribution in [3.05, 3.63) is 53.6 Å². The van der Waals surface area contributed by atoms with E-state index in [1.807, 2.05) is 45.1 Å². The van der Waals surface area contributed by atoms with Crippen LogP contribution in [0, 0.1) is 0 Å². The molecule has 1 nitrogen and oxygen atoms in total. The summed E-state index contributed by atoms with van der Waals surface area (Å²) in [5.74, 6) is 0. The molecule has 1 aromatic carbocycles. The molecule has 88 valence electrons. The first-order chi connectivity index (χ1) is 7.95. The average Bonchev–Trinajstić information content (AvgIpc) is 2.27. The first-order valence-corrected chi connectivity index (χ1v) is 5.90. The maximum atomic E-state index is 4.68. The van der Waals surface area contributed by atoms with E-state index in [0.717, 1.165) is 16.7 Å². The number of hydrogen-bond acceptors (Lipinski definition) is 2. The molecule has 0 bridgehead atoms. The predicted octanol–water partition coefficient (Wildman–Crippen LogP) is 4.61. The van der Waals surface area contributed by atoms with Gasteiger partial charge in [0.1, 0.15) is 0 Å². The molecule has 0 spiro atoms. The third-order valence-electron chi connectivity index (χ3n) is 2.48. The molecule has 17 heavy (non-hydrogen) atoms. The summed E-state index contributed by atoms with van der Waals surface area (Å²) >= 11 is 4.68. The third kappa shape index (κ3) is 4.10. The molecule has 0 aliphatic heterocycles. The second-order valence-electron chi connectivity index (χ2n) is 4.57. The van der Waals surface area contributed by atoms with Crippen LogP contribution in [-0.4, -0.2) is 5.16 Å². The number of aliphatic imine (C=N–C) groups is 1. The molecular formula is C15H17NS. The first kappa shape index (κ1) is 13.6. The second kappa shape index (κ2) is 5.72. The van der Waals surface area contributed by atoms with Gasteiger partial charge in [-0.3, -0.25) is 0 Å². The van der Waals surface area contributed by atoms with Gasteiger partial charge in [0.05, 0.1) is 10.7 Å². The molecular weight excluding hydrogens is 226 g/mol. The lowest BCUT2D eigenvalue weighted by molar-refractivity contribution is 0.562. The van der Waals surface area contributed by atoms with Gasteiger partial charge in [-0.2, -0.15) is 0 Å². The van der Waals surface area contributed by atoms with Gasteiger partial charge in [0.25, 0.3) is 0 Å². The van der Waals surface area contributed by atoms with Crippen molar-refractivity contribution in [1.29, 1.82) is 0 Å². The zero-order chi connectivity index (χ0) is 12.9. The van der Waals surface area contributed by atoms with Crippen molar-refractivity contribution in [3.63, 3.8) is 0 Å². The van der Waals surface area contributed by atoms with Gasteiger partial charge in [-0.15, -0.1) is 0 Å². The molecule has 0 unspecified atom stereocenters. The van der Waals surface area contributed by atoms with Crippen LogP contribution in [0.3, 0.4) is 0 Å². The first-order valence-electron chi connectivity index (χ1n) is 5.49. The van der Waals surface area contributed by atoms with E-state index in [9.17, 15) is 0 Å². The molecule has 1 aromatic rings. The normalized spacial score (nSPS) is 11.2. The second-order valence-corrected chi connectivity index (χ2v) is 4.75. The van der Waals surface area contributed by atoms with Crippen LogP contribution in [0.15, 0.2) is 47.5 Å². The van der Waals surface area contributed by atoms with Crippen LogP contribution in [-0.2, 0) is 5.54 Å². The van der Waals surface area contributed by atoms with Crippen LogP contribution in [0.1, 0.15) is 31.9 Å². The van der Waals surface area contributed by atoms with Gasteiger partial charge < -0.3 is 0 Å². The number of rotatable bonds is 4. The summed E-state index contributed by atoms with van der Waals surface area (Å²) in [4.78, 5) is 4.19.